The molecule has 1 N–H and O–H groups in total. The highest BCUT2D eigenvalue weighted by molar-refractivity contribution is 6.00. The number of alkyl halides is 2. The van der Waals surface area contributed by atoms with Gasteiger partial charge in [0.2, 0.25) is 11.8 Å². The second-order valence-corrected chi connectivity index (χ2v) is 11.2. The monoisotopic (exact) mass is 533 g/mol. The summed E-state index contributed by atoms with van der Waals surface area (Å²) < 4.78 is 39.2. The third-order valence-corrected chi connectivity index (χ3v) is 8.68. The molecule has 2 aliphatic heterocycles. The maximum absolute atomic E-state index is 13.8. The molecule has 202 valence electrons. The number of oxazole rings is 1. The number of carbonyl (C=O) groups is 1. The maximum Gasteiger partial charge on any atom is 0.281 e. The van der Waals surface area contributed by atoms with Crippen molar-refractivity contribution in [3.05, 3.63) is 47.9 Å². The van der Waals surface area contributed by atoms with E-state index in [1.165, 1.54) is 18.0 Å². The van der Waals surface area contributed by atoms with E-state index in [4.69, 9.17) is 14.1 Å². The van der Waals surface area contributed by atoms with Crippen molar-refractivity contribution < 1.29 is 22.7 Å². The van der Waals surface area contributed by atoms with Crippen molar-refractivity contribution in [2.75, 3.05) is 38.7 Å². The lowest BCUT2D eigenvalue weighted by Crippen LogP contribution is -2.21. The Morgan fingerprint density at radius 1 is 1.15 bits per heavy atom. The molecule has 1 saturated carbocycles. The van der Waals surface area contributed by atoms with Gasteiger partial charge in [-0.1, -0.05) is 6.07 Å². The van der Waals surface area contributed by atoms with E-state index in [-0.39, 0.29) is 34.2 Å². The third kappa shape index (κ3) is 4.35. The average molecular weight is 534 g/mol. The topological polar surface area (TPSA) is 93.4 Å². The predicted octanol–water partition coefficient (Wildman–Crippen LogP) is 5.55. The van der Waals surface area contributed by atoms with Crippen LogP contribution in [0.4, 0.5) is 14.6 Å². The standard InChI is InChI=1S/C29H29F2N5O3/c1-36-7-6-29(15-36)12-21(29)27(37)35-24-11-18-19(13-32-24)25(26(30)31)33-14-20(18)28-34-22-10-17(2-3-23(22)39-28)16-4-8-38-9-5-16/h2-3,10-11,13-14,16,21,26H,4-9,12,15H2,1H3,(H,32,35,37)/t21-,29+/m0/s1. The molecule has 7 rings (SSSR count). The number of ether oxygens (including phenoxy) is 1. The molecular weight excluding hydrogens is 504 g/mol. The van der Waals surface area contributed by atoms with Crippen molar-refractivity contribution in [3.63, 3.8) is 0 Å². The normalized spacial score (nSPS) is 23.8. The largest absolute Gasteiger partial charge is 0.436 e. The number of aromatic nitrogens is 3. The summed E-state index contributed by atoms with van der Waals surface area (Å²) in [5.41, 5.74) is 2.64. The Bertz CT molecular complexity index is 1580. The summed E-state index contributed by atoms with van der Waals surface area (Å²) in [6, 6.07) is 7.60. The van der Waals surface area contributed by atoms with Crippen LogP contribution in [0.3, 0.4) is 0 Å². The quantitative estimate of drug-likeness (QED) is 0.360. The van der Waals surface area contributed by atoms with Gasteiger partial charge in [-0.05, 0) is 74.4 Å². The number of halogens is 2. The van der Waals surface area contributed by atoms with E-state index in [1.54, 1.807) is 6.07 Å². The van der Waals surface area contributed by atoms with Crippen LogP contribution in [0.1, 0.15) is 49.3 Å². The van der Waals surface area contributed by atoms with E-state index in [2.05, 4.69) is 27.2 Å². The van der Waals surface area contributed by atoms with E-state index in [1.807, 2.05) is 18.2 Å². The summed E-state index contributed by atoms with van der Waals surface area (Å²) in [6.07, 6.45) is 3.72. The Morgan fingerprint density at radius 2 is 2.00 bits per heavy atom. The van der Waals surface area contributed by atoms with Crippen LogP contribution in [0, 0.1) is 11.3 Å². The minimum Gasteiger partial charge on any atom is -0.436 e. The SMILES string of the molecule is CN1CC[C@@]2(C[C@H]2C(=O)Nc2cc3c(-c4nc5cc(C6CCOCC6)ccc5o4)cnc(C(F)F)c3cn2)C1. The summed E-state index contributed by atoms with van der Waals surface area (Å²) in [5.74, 6) is 0.862. The zero-order valence-electron chi connectivity index (χ0n) is 21.6. The molecule has 2 atom stereocenters. The van der Waals surface area contributed by atoms with Crippen molar-refractivity contribution in [1.82, 2.24) is 19.9 Å². The van der Waals surface area contributed by atoms with Gasteiger partial charge in [0, 0.05) is 48.8 Å². The van der Waals surface area contributed by atoms with E-state index in [9.17, 15) is 13.6 Å². The first kappa shape index (κ1) is 24.5. The molecule has 3 aliphatic rings. The van der Waals surface area contributed by atoms with E-state index >= 15 is 0 Å². The number of anilines is 1. The van der Waals surface area contributed by atoms with Gasteiger partial charge < -0.3 is 19.4 Å². The molecule has 10 heteroatoms. The number of fused-ring (bicyclic) bond motifs is 2. The van der Waals surface area contributed by atoms with Crippen LogP contribution in [0.25, 0.3) is 33.3 Å². The fraction of sp³-hybridized carbons (Fsp3) is 0.448. The zero-order valence-corrected chi connectivity index (χ0v) is 21.6. The second-order valence-electron chi connectivity index (χ2n) is 11.2. The summed E-state index contributed by atoms with van der Waals surface area (Å²) in [6.45, 7) is 3.39. The number of nitrogens with zero attached hydrogens (tertiary/aromatic N) is 4. The smallest absolute Gasteiger partial charge is 0.281 e. The van der Waals surface area contributed by atoms with Crippen LogP contribution < -0.4 is 5.32 Å². The number of carbonyl (C=O) groups excluding carboxylic acids is 1. The summed E-state index contributed by atoms with van der Waals surface area (Å²) >= 11 is 0. The Balaban J connectivity index is 1.23. The van der Waals surface area contributed by atoms with E-state index < -0.39 is 6.43 Å². The second kappa shape index (κ2) is 9.31. The molecule has 8 nitrogen and oxygen atoms in total. The van der Waals surface area contributed by atoms with E-state index in [0.717, 1.165) is 52.0 Å². The Labute approximate surface area is 223 Å². The number of amides is 1. The van der Waals surface area contributed by atoms with Crippen molar-refractivity contribution in [2.45, 2.75) is 38.0 Å². The molecule has 4 aromatic rings. The molecule has 0 unspecified atom stereocenters. The number of hydrogen-bond acceptors (Lipinski definition) is 7. The van der Waals surface area contributed by atoms with Gasteiger partial charge in [0.15, 0.2) is 5.58 Å². The lowest BCUT2D eigenvalue weighted by atomic mass is 9.91. The molecular formula is C29H29F2N5O3. The molecule has 1 amide bonds. The van der Waals surface area contributed by atoms with Crippen LogP contribution >= 0.6 is 0 Å². The summed E-state index contributed by atoms with van der Waals surface area (Å²) in [4.78, 5) is 28.3. The molecule has 1 aliphatic carbocycles. The van der Waals surface area contributed by atoms with Gasteiger partial charge in [-0.3, -0.25) is 9.78 Å². The molecule has 1 aromatic carbocycles. The number of pyridine rings is 2. The van der Waals surface area contributed by atoms with Gasteiger partial charge >= 0.3 is 0 Å². The number of hydrogen-bond donors (Lipinski definition) is 1. The molecule has 2 saturated heterocycles. The number of likely N-dealkylation sites (tertiary alicyclic amines) is 1. The lowest BCUT2D eigenvalue weighted by Gasteiger charge is -2.22. The third-order valence-electron chi connectivity index (χ3n) is 8.68. The summed E-state index contributed by atoms with van der Waals surface area (Å²) in [7, 11) is 2.07. The minimum atomic E-state index is -2.78. The highest BCUT2D eigenvalue weighted by atomic mass is 19.3. The van der Waals surface area contributed by atoms with Crippen molar-refractivity contribution >= 4 is 33.6 Å². The van der Waals surface area contributed by atoms with Gasteiger partial charge in [0.1, 0.15) is 17.0 Å². The van der Waals surface area contributed by atoms with Gasteiger partial charge in [0.05, 0.1) is 5.56 Å². The highest BCUT2D eigenvalue weighted by Crippen LogP contribution is 2.58. The Kier molecular flexibility index (Phi) is 5.85. The van der Waals surface area contributed by atoms with Crippen molar-refractivity contribution in [1.29, 1.82) is 0 Å². The zero-order chi connectivity index (χ0) is 26.7. The molecule has 0 radical (unpaired) electrons. The number of nitrogens with one attached hydrogen (secondary N) is 1. The van der Waals surface area contributed by atoms with Crippen LogP contribution in [0.2, 0.25) is 0 Å². The fourth-order valence-corrected chi connectivity index (χ4v) is 6.40. The van der Waals surface area contributed by atoms with Gasteiger partial charge in [-0.2, -0.15) is 0 Å². The predicted molar refractivity (Wildman–Crippen MR) is 142 cm³/mol. The first-order valence-corrected chi connectivity index (χ1v) is 13.4. The number of benzene rings is 1. The van der Waals surface area contributed by atoms with Gasteiger partial charge in [-0.25, -0.2) is 18.7 Å². The fourth-order valence-electron chi connectivity index (χ4n) is 6.40. The lowest BCUT2D eigenvalue weighted by molar-refractivity contribution is -0.118. The van der Waals surface area contributed by atoms with Crippen molar-refractivity contribution in [3.8, 4) is 11.5 Å². The molecule has 0 bridgehead atoms. The average Bonchev–Trinajstić information content (AvgIpc) is 3.27. The first-order valence-electron chi connectivity index (χ1n) is 13.4. The van der Waals surface area contributed by atoms with Crippen LogP contribution in [-0.2, 0) is 9.53 Å². The Hall–Kier alpha value is -3.50. The number of rotatable bonds is 5. The molecule has 5 heterocycles. The molecule has 3 fully saturated rings. The molecule has 39 heavy (non-hydrogen) atoms. The van der Waals surface area contributed by atoms with Crippen LogP contribution in [0.15, 0.2) is 41.1 Å². The molecule has 3 aromatic heterocycles. The van der Waals surface area contributed by atoms with E-state index in [0.29, 0.717) is 33.8 Å². The van der Waals surface area contributed by atoms with Gasteiger partial charge in [-0.15, -0.1) is 0 Å². The Morgan fingerprint density at radius 3 is 2.77 bits per heavy atom. The van der Waals surface area contributed by atoms with Crippen LogP contribution in [-0.4, -0.2) is 59.1 Å². The van der Waals surface area contributed by atoms with Crippen molar-refractivity contribution in [2.24, 2.45) is 11.3 Å². The minimum absolute atomic E-state index is 0.0509. The van der Waals surface area contributed by atoms with Gasteiger partial charge in [0.25, 0.3) is 6.43 Å². The molecule has 1 spiro atoms. The summed E-state index contributed by atoms with van der Waals surface area (Å²) in [5, 5.41) is 3.57. The highest BCUT2D eigenvalue weighted by Gasteiger charge is 2.60. The first-order chi connectivity index (χ1) is 18.9. The van der Waals surface area contributed by atoms with Crippen LogP contribution in [0.5, 0.6) is 0 Å². The maximum atomic E-state index is 13.8.